The fraction of sp³-hybridized carbons (Fsp3) is 0.143. The molecule has 0 aromatic heterocycles. The Morgan fingerprint density at radius 2 is 1.03 bits per heavy atom. The van der Waals surface area contributed by atoms with Gasteiger partial charge in [-0.15, -0.1) is 0 Å². The molecular formula is C28H22Cl2Hf. The fourth-order valence-corrected chi connectivity index (χ4v) is 30.0. The predicted octanol–water partition coefficient (Wildman–Crippen LogP) is 1.27. The zero-order valence-electron chi connectivity index (χ0n) is 17.1. The molecule has 0 N–H and O–H groups in total. The van der Waals surface area contributed by atoms with Crippen LogP contribution >= 0.6 is 0 Å². The Balaban J connectivity index is 0.00000102. The van der Waals surface area contributed by atoms with E-state index in [0.717, 1.165) is 0 Å². The quantitative estimate of drug-likeness (QED) is 0.452. The van der Waals surface area contributed by atoms with Crippen molar-refractivity contribution < 1.29 is 44.8 Å². The molecule has 7 rings (SSSR count). The molecule has 0 bridgehead atoms. The summed E-state index contributed by atoms with van der Waals surface area (Å²) in [6, 6.07) is 18.5. The van der Waals surface area contributed by atoms with Crippen molar-refractivity contribution in [2.45, 2.75) is 20.2 Å². The molecule has 1 fully saturated rings. The van der Waals surface area contributed by atoms with Crippen LogP contribution in [0.2, 0.25) is 8.35 Å². The van der Waals surface area contributed by atoms with Gasteiger partial charge in [0.2, 0.25) is 0 Å². The molecule has 2 unspecified atom stereocenters. The molecule has 1 saturated heterocycles. The van der Waals surface area contributed by atoms with Gasteiger partial charge in [-0.25, -0.2) is 0 Å². The monoisotopic (exact) mass is 608 g/mol. The predicted molar refractivity (Wildman–Crippen MR) is 118 cm³/mol. The number of halogens is 2. The third kappa shape index (κ3) is 2.83. The number of hydrogen-bond donors (Lipinski definition) is 0. The van der Waals surface area contributed by atoms with E-state index in [4.69, 9.17) is 0 Å². The maximum absolute atomic E-state index is 2.84. The Morgan fingerprint density at radius 1 is 0.581 bits per heavy atom. The van der Waals surface area contributed by atoms with Gasteiger partial charge < -0.3 is 24.8 Å². The second-order valence-electron chi connectivity index (χ2n) is 8.86. The average molecular weight is 608 g/mol. The van der Waals surface area contributed by atoms with Crippen molar-refractivity contribution in [3.63, 3.8) is 0 Å². The first kappa shape index (κ1) is 21.2. The van der Waals surface area contributed by atoms with Gasteiger partial charge >= 0.3 is 177 Å². The van der Waals surface area contributed by atoms with Gasteiger partial charge in [0.25, 0.3) is 0 Å². The molecule has 0 amide bonds. The summed E-state index contributed by atoms with van der Waals surface area (Å²) in [7, 11) is 0. The van der Waals surface area contributed by atoms with Crippen LogP contribution in [0.4, 0.5) is 0 Å². The van der Waals surface area contributed by atoms with Crippen LogP contribution in [-0.2, 0) is 20.0 Å². The molecule has 3 heteroatoms. The van der Waals surface area contributed by atoms with E-state index in [1.807, 2.05) is 6.66 Å². The molecule has 1 aliphatic heterocycles. The van der Waals surface area contributed by atoms with Gasteiger partial charge in [0.1, 0.15) is 0 Å². The Kier molecular flexibility index (Phi) is 5.28. The van der Waals surface area contributed by atoms with Gasteiger partial charge in [0.15, 0.2) is 0 Å². The summed E-state index contributed by atoms with van der Waals surface area (Å²) in [4.78, 5) is 0. The average Bonchev–Trinajstić information content (AvgIpc) is 3.38. The van der Waals surface area contributed by atoms with Crippen molar-refractivity contribution in [1.29, 1.82) is 0 Å². The molecule has 31 heavy (non-hydrogen) atoms. The largest absolute Gasteiger partial charge is 1.00 e. The number of fused-ring (bicyclic) bond motifs is 6. The summed E-state index contributed by atoms with van der Waals surface area (Å²) in [6.07, 6.45) is 18.7. The minimum atomic E-state index is -2.84. The van der Waals surface area contributed by atoms with Crippen LogP contribution < -0.4 is 24.8 Å². The van der Waals surface area contributed by atoms with Gasteiger partial charge in [-0.05, 0) is 0 Å². The second kappa shape index (κ2) is 7.73. The molecule has 0 spiro atoms. The summed E-state index contributed by atoms with van der Waals surface area (Å²) >= 11 is -2.84. The van der Waals surface area contributed by atoms with Crippen LogP contribution in [0.25, 0.3) is 6.66 Å². The zero-order valence-corrected chi connectivity index (χ0v) is 22.2. The topological polar surface area (TPSA) is 0 Å². The molecule has 5 aliphatic rings. The number of allylic oxidation sites excluding steroid dienone is 10. The van der Waals surface area contributed by atoms with Gasteiger partial charge in [-0.1, -0.05) is 0 Å². The fourth-order valence-electron chi connectivity index (χ4n) is 6.22. The molecule has 2 aromatic rings. The van der Waals surface area contributed by atoms with E-state index >= 15 is 0 Å². The van der Waals surface area contributed by atoms with E-state index < -0.39 is 20.0 Å². The first-order valence-electron chi connectivity index (χ1n) is 10.8. The SMILES string of the molecule is C1=CC2=[C]([Hf+2]3([C]4=C5C=CC=CC5c5ccccc54)[CH2][CH2]3)c3ccccc3C2C=C1.[Cl-].[Cl-]. The normalized spacial score (nSPS) is 23.7. The van der Waals surface area contributed by atoms with E-state index in [1.165, 1.54) is 19.5 Å². The van der Waals surface area contributed by atoms with Crippen LogP contribution in [-0.4, -0.2) is 0 Å². The van der Waals surface area contributed by atoms with E-state index in [1.54, 1.807) is 22.3 Å². The smallest absolute Gasteiger partial charge is 1.00 e. The molecule has 2 atom stereocenters. The van der Waals surface area contributed by atoms with Gasteiger partial charge in [-0.2, -0.15) is 0 Å². The second-order valence-corrected chi connectivity index (χ2v) is 23.8. The first-order valence-corrected chi connectivity index (χ1v) is 19.4. The summed E-state index contributed by atoms with van der Waals surface area (Å²) in [5.41, 5.74) is 9.47. The maximum atomic E-state index is 2.43. The standard InChI is InChI=1S/2C13H9.C2H4.2ClH.Hf/c2*1-3-7-12-10(5-1)9-11-6-2-4-8-13(11)12;1-2;;;/h2*1-8,12H;1-2H2;2*1H;/q;;;;;+2/p-2. The molecule has 1 heterocycles. The van der Waals surface area contributed by atoms with Crippen LogP contribution in [0.5, 0.6) is 0 Å². The first-order chi connectivity index (χ1) is 14.4. The summed E-state index contributed by atoms with van der Waals surface area (Å²) in [5.74, 6) is 0.951. The van der Waals surface area contributed by atoms with E-state index in [-0.39, 0.29) is 24.8 Å². The number of benzene rings is 2. The molecule has 2 aromatic carbocycles. The van der Waals surface area contributed by atoms with Crippen LogP contribution in [0.1, 0.15) is 34.1 Å². The zero-order chi connectivity index (χ0) is 19.0. The third-order valence-electron chi connectivity index (χ3n) is 7.47. The number of hydrogen-bond acceptors (Lipinski definition) is 0. The van der Waals surface area contributed by atoms with Crippen LogP contribution in [0.15, 0.2) is 108 Å². The van der Waals surface area contributed by atoms with Crippen LogP contribution in [0, 0.1) is 0 Å². The van der Waals surface area contributed by atoms with Crippen LogP contribution in [0.3, 0.4) is 0 Å². The van der Waals surface area contributed by atoms with E-state index in [2.05, 4.69) is 97.1 Å². The Labute approximate surface area is 201 Å². The molecule has 4 aliphatic carbocycles. The minimum absolute atomic E-state index is 0. The number of rotatable bonds is 2. The molecule has 0 radical (unpaired) electrons. The van der Waals surface area contributed by atoms with E-state index in [0.29, 0.717) is 11.8 Å². The molecular weight excluding hydrogens is 586 g/mol. The maximum Gasteiger partial charge on any atom is -1.00 e. The molecule has 0 nitrogen and oxygen atoms in total. The molecule has 0 saturated carbocycles. The van der Waals surface area contributed by atoms with Gasteiger partial charge in [0, 0.05) is 0 Å². The van der Waals surface area contributed by atoms with Crippen molar-refractivity contribution >= 4 is 6.66 Å². The van der Waals surface area contributed by atoms with Gasteiger partial charge in [-0.3, -0.25) is 0 Å². The third-order valence-corrected chi connectivity index (χ3v) is 23.7. The Bertz CT molecular complexity index is 1170. The van der Waals surface area contributed by atoms with Crippen molar-refractivity contribution in [1.82, 2.24) is 0 Å². The van der Waals surface area contributed by atoms with Crippen molar-refractivity contribution in [3.8, 4) is 0 Å². The van der Waals surface area contributed by atoms with Gasteiger partial charge in [0.05, 0.1) is 0 Å². The van der Waals surface area contributed by atoms with Crippen molar-refractivity contribution in [3.05, 3.63) is 131 Å². The van der Waals surface area contributed by atoms with Crippen molar-refractivity contribution in [2.24, 2.45) is 0 Å². The van der Waals surface area contributed by atoms with E-state index in [9.17, 15) is 0 Å². The summed E-state index contributed by atoms with van der Waals surface area (Å²) < 4.78 is 6.59. The molecule has 152 valence electrons. The Hall–Kier alpha value is -1.67. The summed E-state index contributed by atoms with van der Waals surface area (Å²) in [5, 5.41) is 0. The van der Waals surface area contributed by atoms with Crippen molar-refractivity contribution in [2.75, 3.05) is 0 Å². The summed E-state index contributed by atoms with van der Waals surface area (Å²) in [6.45, 7) is 0. The Morgan fingerprint density at radius 3 is 1.48 bits per heavy atom. The minimum Gasteiger partial charge on any atom is -1.00 e.